The number of rotatable bonds is 7. The third kappa shape index (κ3) is 5.15. The van der Waals surface area contributed by atoms with Crippen LogP contribution in [0.25, 0.3) is 0 Å². The van der Waals surface area contributed by atoms with Gasteiger partial charge in [-0.15, -0.1) is 0 Å². The summed E-state index contributed by atoms with van der Waals surface area (Å²) in [6.45, 7) is 2.48. The molecule has 1 N–H and O–H groups in total. The van der Waals surface area contributed by atoms with Crippen LogP contribution in [0.2, 0.25) is 0 Å². The van der Waals surface area contributed by atoms with Crippen molar-refractivity contribution in [3.63, 3.8) is 0 Å². The van der Waals surface area contributed by atoms with Crippen LogP contribution in [-0.2, 0) is 16.1 Å². The number of fused-ring (bicyclic) bond motifs is 1. The van der Waals surface area contributed by atoms with Crippen molar-refractivity contribution >= 4 is 23.2 Å². The number of anilines is 2. The molecule has 4 aromatic rings. The molecule has 36 heavy (non-hydrogen) atoms. The highest BCUT2D eigenvalue weighted by Crippen LogP contribution is 2.36. The molecule has 4 aromatic carbocycles. The Balaban J connectivity index is 1.37. The molecule has 1 aliphatic rings. The molecular formula is C31H28N2O3. The Morgan fingerprint density at radius 3 is 2.19 bits per heavy atom. The molecule has 2 amide bonds. The summed E-state index contributed by atoms with van der Waals surface area (Å²) in [7, 11) is 0. The van der Waals surface area contributed by atoms with Crippen LogP contribution in [0.15, 0.2) is 103 Å². The molecule has 0 radical (unpaired) electrons. The van der Waals surface area contributed by atoms with E-state index in [-0.39, 0.29) is 24.3 Å². The molecule has 0 saturated carbocycles. The average molecular weight is 477 g/mol. The van der Waals surface area contributed by atoms with Crippen LogP contribution in [-0.4, -0.2) is 18.4 Å². The lowest BCUT2D eigenvalue weighted by Crippen LogP contribution is -2.38. The Morgan fingerprint density at radius 1 is 0.889 bits per heavy atom. The zero-order valence-corrected chi connectivity index (χ0v) is 20.2. The Hall–Kier alpha value is -4.38. The van der Waals surface area contributed by atoms with E-state index in [4.69, 9.17) is 4.74 Å². The number of ether oxygens (including phenoxy) is 1. The molecule has 0 bridgehead atoms. The molecule has 1 aliphatic heterocycles. The molecule has 0 aromatic heterocycles. The van der Waals surface area contributed by atoms with E-state index in [1.165, 1.54) is 0 Å². The highest BCUT2D eigenvalue weighted by Gasteiger charge is 2.27. The number of aryl methyl sites for hydroxylation is 1. The van der Waals surface area contributed by atoms with Crippen molar-refractivity contribution in [1.29, 1.82) is 0 Å². The van der Waals surface area contributed by atoms with Crippen LogP contribution < -0.4 is 15.0 Å². The second kappa shape index (κ2) is 10.5. The van der Waals surface area contributed by atoms with Crippen LogP contribution in [0.1, 0.15) is 34.6 Å². The van der Waals surface area contributed by atoms with E-state index >= 15 is 0 Å². The number of carbonyl (C=O) groups excluding carboxylic acids is 2. The number of nitrogens with zero attached hydrogens (tertiary/aromatic N) is 1. The van der Waals surface area contributed by atoms with Crippen molar-refractivity contribution in [2.45, 2.75) is 25.8 Å². The molecule has 1 heterocycles. The molecule has 0 unspecified atom stereocenters. The first-order valence-corrected chi connectivity index (χ1v) is 12.1. The van der Waals surface area contributed by atoms with Crippen molar-refractivity contribution in [3.05, 3.63) is 125 Å². The van der Waals surface area contributed by atoms with Gasteiger partial charge in [0, 0.05) is 18.0 Å². The van der Waals surface area contributed by atoms with Gasteiger partial charge in [0.1, 0.15) is 5.75 Å². The Morgan fingerprint density at radius 2 is 1.53 bits per heavy atom. The number of amides is 2. The second-order valence-electron chi connectivity index (χ2n) is 9.00. The first kappa shape index (κ1) is 23.4. The van der Waals surface area contributed by atoms with E-state index in [1.807, 2.05) is 85.8 Å². The molecule has 0 saturated heterocycles. The van der Waals surface area contributed by atoms with Crippen molar-refractivity contribution < 1.29 is 14.3 Å². The third-order valence-corrected chi connectivity index (χ3v) is 6.57. The zero-order chi connectivity index (χ0) is 24.9. The predicted octanol–water partition coefficient (Wildman–Crippen LogP) is 6.08. The number of hydrogen-bond donors (Lipinski definition) is 1. The van der Waals surface area contributed by atoms with Crippen molar-refractivity contribution in [2.75, 3.05) is 16.8 Å². The number of carbonyl (C=O) groups is 2. The maximum absolute atomic E-state index is 13.2. The molecule has 5 nitrogen and oxygen atoms in total. The molecule has 5 rings (SSSR count). The standard InChI is InChI=1S/C31H28N2O3/c1-22-10-8-9-15-25(22)20-33-28-18-26(16-17-29(28)36-21-31(33)35)32-30(34)19-27(23-11-4-2-5-12-23)24-13-6-3-7-14-24/h2-18,27H,19-21H2,1H3,(H,32,34). The van der Waals surface area contributed by atoms with E-state index < -0.39 is 0 Å². The van der Waals surface area contributed by atoms with Crippen LogP contribution >= 0.6 is 0 Å². The summed E-state index contributed by atoms with van der Waals surface area (Å²) in [6, 6.07) is 33.6. The normalized spacial score (nSPS) is 12.7. The largest absolute Gasteiger partial charge is 0.482 e. The molecule has 0 aliphatic carbocycles. The summed E-state index contributed by atoms with van der Waals surface area (Å²) in [5, 5.41) is 3.04. The van der Waals surface area contributed by atoms with E-state index in [1.54, 1.807) is 4.90 Å². The lowest BCUT2D eigenvalue weighted by molar-refractivity contribution is -0.121. The SMILES string of the molecule is Cc1ccccc1CN1C(=O)COc2ccc(NC(=O)CC(c3ccccc3)c3ccccc3)cc21. The van der Waals surface area contributed by atoms with E-state index in [9.17, 15) is 9.59 Å². The molecular weight excluding hydrogens is 448 g/mol. The van der Waals surface area contributed by atoms with Crippen LogP contribution in [0.5, 0.6) is 5.75 Å². The molecule has 180 valence electrons. The lowest BCUT2D eigenvalue weighted by Gasteiger charge is -2.30. The summed E-state index contributed by atoms with van der Waals surface area (Å²) in [5.41, 5.74) is 5.67. The Labute approximate surface area is 211 Å². The minimum Gasteiger partial charge on any atom is -0.482 e. The van der Waals surface area contributed by atoms with Crippen LogP contribution in [0.4, 0.5) is 11.4 Å². The minimum atomic E-state index is -0.109. The second-order valence-corrected chi connectivity index (χ2v) is 9.00. The smallest absolute Gasteiger partial charge is 0.265 e. The van der Waals surface area contributed by atoms with E-state index in [2.05, 4.69) is 29.6 Å². The molecule has 0 atom stereocenters. The van der Waals surface area contributed by atoms with Crippen LogP contribution in [0.3, 0.4) is 0 Å². The van der Waals surface area contributed by atoms with Gasteiger partial charge in [-0.25, -0.2) is 0 Å². The van der Waals surface area contributed by atoms with Gasteiger partial charge < -0.3 is 15.0 Å². The fourth-order valence-electron chi connectivity index (χ4n) is 4.61. The van der Waals surface area contributed by atoms with Crippen molar-refractivity contribution in [2.24, 2.45) is 0 Å². The molecule has 0 fully saturated rings. The summed E-state index contributed by atoms with van der Waals surface area (Å²) in [6.07, 6.45) is 0.299. The summed E-state index contributed by atoms with van der Waals surface area (Å²) >= 11 is 0. The maximum Gasteiger partial charge on any atom is 0.265 e. The first-order chi connectivity index (χ1) is 17.6. The highest BCUT2D eigenvalue weighted by atomic mass is 16.5. The van der Waals surface area contributed by atoms with Crippen molar-refractivity contribution in [1.82, 2.24) is 0 Å². The topological polar surface area (TPSA) is 58.6 Å². The van der Waals surface area contributed by atoms with Gasteiger partial charge in [0.2, 0.25) is 5.91 Å². The van der Waals surface area contributed by atoms with Gasteiger partial charge in [0.25, 0.3) is 5.91 Å². The van der Waals surface area contributed by atoms with E-state index in [0.29, 0.717) is 30.1 Å². The summed E-state index contributed by atoms with van der Waals surface area (Å²) in [4.78, 5) is 27.7. The first-order valence-electron chi connectivity index (χ1n) is 12.1. The fraction of sp³-hybridized carbons (Fsp3) is 0.161. The average Bonchev–Trinajstić information content (AvgIpc) is 2.91. The zero-order valence-electron chi connectivity index (χ0n) is 20.2. The van der Waals surface area contributed by atoms with Gasteiger partial charge in [-0.3, -0.25) is 9.59 Å². The van der Waals surface area contributed by atoms with Gasteiger partial charge in [-0.1, -0.05) is 84.9 Å². The molecule has 0 spiro atoms. The number of benzene rings is 4. The van der Waals surface area contributed by atoms with Gasteiger partial charge in [-0.05, 0) is 47.4 Å². The van der Waals surface area contributed by atoms with Gasteiger partial charge in [0.05, 0.1) is 12.2 Å². The molecule has 5 heteroatoms. The Bertz CT molecular complexity index is 1330. The van der Waals surface area contributed by atoms with Crippen molar-refractivity contribution in [3.8, 4) is 5.75 Å². The van der Waals surface area contributed by atoms with Gasteiger partial charge in [0.15, 0.2) is 6.61 Å². The third-order valence-electron chi connectivity index (χ3n) is 6.57. The van der Waals surface area contributed by atoms with E-state index in [0.717, 1.165) is 22.3 Å². The van der Waals surface area contributed by atoms with Crippen LogP contribution in [0, 0.1) is 6.92 Å². The Kier molecular flexibility index (Phi) is 6.80. The number of hydrogen-bond acceptors (Lipinski definition) is 3. The minimum absolute atomic E-state index is 0.000415. The highest BCUT2D eigenvalue weighted by molar-refractivity contribution is 5.99. The lowest BCUT2D eigenvalue weighted by atomic mass is 9.88. The number of nitrogens with one attached hydrogen (secondary N) is 1. The van der Waals surface area contributed by atoms with Gasteiger partial charge in [-0.2, -0.15) is 0 Å². The monoisotopic (exact) mass is 476 g/mol. The summed E-state index contributed by atoms with van der Waals surface area (Å²) in [5.74, 6) is 0.365. The predicted molar refractivity (Wildman–Crippen MR) is 142 cm³/mol. The summed E-state index contributed by atoms with van der Waals surface area (Å²) < 4.78 is 5.67. The fourth-order valence-corrected chi connectivity index (χ4v) is 4.61. The quantitative estimate of drug-likeness (QED) is 0.352. The maximum atomic E-state index is 13.2. The van der Waals surface area contributed by atoms with Gasteiger partial charge >= 0.3 is 0 Å².